The Bertz CT molecular complexity index is 829. The molecule has 2 aromatic heterocycles. The Morgan fingerprint density at radius 3 is 2.73 bits per heavy atom. The molecular weight excluding hydrogens is 368 g/mol. The zero-order valence-corrected chi connectivity index (χ0v) is 16.2. The van der Waals surface area contributed by atoms with Crippen molar-refractivity contribution in [2.45, 2.75) is 30.6 Å². The Hall–Kier alpha value is -2.32. The van der Waals surface area contributed by atoms with Crippen LogP contribution in [0.2, 0.25) is 0 Å². The Morgan fingerprint density at radius 1 is 1.23 bits per heavy atom. The summed E-state index contributed by atoms with van der Waals surface area (Å²) in [5.41, 5.74) is 2.05. The third-order valence-electron chi connectivity index (χ3n) is 3.59. The van der Waals surface area contributed by atoms with Crippen molar-refractivity contribution < 1.29 is 9.21 Å². The predicted molar refractivity (Wildman–Crippen MR) is 106 cm³/mol. The molecule has 6 nitrogen and oxygen atoms in total. The number of hydrogen-bond donors (Lipinski definition) is 2. The SMILES string of the molecule is CC(C)c1ccc(NC(=O)CSc2nnc(NCc3ccco3)s2)cc1. The molecule has 0 bridgehead atoms. The van der Waals surface area contributed by atoms with Crippen LogP contribution in [-0.2, 0) is 11.3 Å². The van der Waals surface area contributed by atoms with Crippen LogP contribution in [0.15, 0.2) is 51.4 Å². The maximum Gasteiger partial charge on any atom is 0.234 e. The van der Waals surface area contributed by atoms with Crippen LogP contribution < -0.4 is 10.6 Å². The van der Waals surface area contributed by atoms with E-state index in [9.17, 15) is 4.79 Å². The van der Waals surface area contributed by atoms with Crippen molar-refractivity contribution in [1.29, 1.82) is 0 Å². The monoisotopic (exact) mass is 388 g/mol. The molecule has 0 radical (unpaired) electrons. The van der Waals surface area contributed by atoms with Gasteiger partial charge in [-0.15, -0.1) is 10.2 Å². The topological polar surface area (TPSA) is 80.0 Å². The van der Waals surface area contributed by atoms with E-state index in [1.54, 1.807) is 6.26 Å². The first-order chi connectivity index (χ1) is 12.6. The van der Waals surface area contributed by atoms with Crippen molar-refractivity contribution >= 4 is 39.8 Å². The van der Waals surface area contributed by atoms with Gasteiger partial charge >= 0.3 is 0 Å². The number of aromatic nitrogens is 2. The summed E-state index contributed by atoms with van der Waals surface area (Å²) in [7, 11) is 0. The normalized spacial score (nSPS) is 10.9. The Kier molecular flexibility index (Phi) is 6.30. The van der Waals surface area contributed by atoms with Crippen LogP contribution in [0.3, 0.4) is 0 Å². The summed E-state index contributed by atoms with van der Waals surface area (Å²) in [5, 5.41) is 14.9. The molecule has 3 aromatic rings. The quantitative estimate of drug-likeness (QED) is 0.549. The molecular formula is C18H20N4O2S2. The molecule has 1 amide bonds. The number of rotatable bonds is 8. The maximum atomic E-state index is 12.1. The molecule has 26 heavy (non-hydrogen) atoms. The smallest absolute Gasteiger partial charge is 0.234 e. The summed E-state index contributed by atoms with van der Waals surface area (Å²) in [5.74, 6) is 1.53. The van der Waals surface area contributed by atoms with Crippen LogP contribution in [0.5, 0.6) is 0 Å². The first kappa shape index (κ1) is 18.5. The lowest BCUT2D eigenvalue weighted by atomic mass is 10.0. The first-order valence-electron chi connectivity index (χ1n) is 8.22. The molecule has 0 unspecified atom stereocenters. The van der Waals surface area contributed by atoms with Crippen LogP contribution in [0.4, 0.5) is 10.8 Å². The maximum absolute atomic E-state index is 12.1. The van der Waals surface area contributed by atoms with Gasteiger partial charge in [0.1, 0.15) is 5.76 Å². The van der Waals surface area contributed by atoms with Gasteiger partial charge < -0.3 is 15.1 Å². The minimum Gasteiger partial charge on any atom is -0.467 e. The second-order valence-corrected chi connectivity index (χ2v) is 8.12. The molecule has 0 spiro atoms. The fourth-order valence-electron chi connectivity index (χ4n) is 2.19. The average Bonchev–Trinajstić information content (AvgIpc) is 3.30. The summed E-state index contributed by atoms with van der Waals surface area (Å²) in [6.07, 6.45) is 1.63. The van der Waals surface area contributed by atoms with Crippen LogP contribution >= 0.6 is 23.1 Å². The zero-order chi connectivity index (χ0) is 18.4. The Morgan fingerprint density at radius 2 is 2.04 bits per heavy atom. The molecule has 3 rings (SSSR count). The van der Waals surface area contributed by atoms with E-state index in [1.807, 2.05) is 36.4 Å². The number of thioether (sulfide) groups is 1. The summed E-state index contributed by atoms with van der Waals surface area (Å²) in [6, 6.07) is 11.7. The second kappa shape index (κ2) is 8.86. The van der Waals surface area contributed by atoms with Gasteiger partial charge in [0.05, 0.1) is 18.6 Å². The van der Waals surface area contributed by atoms with E-state index in [1.165, 1.54) is 28.7 Å². The number of hydrogen-bond acceptors (Lipinski definition) is 7. The van der Waals surface area contributed by atoms with Crippen molar-refractivity contribution in [1.82, 2.24) is 10.2 Å². The third kappa shape index (κ3) is 5.34. The summed E-state index contributed by atoms with van der Waals surface area (Å²) in [6.45, 7) is 4.84. The van der Waals surface area contributed by atoms with E-state index >= 15 is 0 Å². The largest absolute Gasteiger partial charge is 0.467 e. The number of carbonyl (C=O) groups is 1. The average molecular weight is 389 g/mol. The van der Waals surface area contributed by atoms with Gasteiger partial charge in [-0.25, -0.2) is 0 Å². The van der Waals surface area contributed by atoms with Crippen LogP contribution in [0.1, 0.15) is 31.1 Å². The van der Waals surface area contributed by atoms with E-state index in [-0.39, 0.29) is 5.91 Å². The first-order valence-corrected chi connectivity index (χ1v) is 10.0. The van der Waals surface area contributed by atoms with Gasteiger partial charge in [0, 0.05) is 5.69 Å². The lowest BCUT2D eigenvalue weighted by molar-refractivity contribution is -0.113. The lowest BCUT2D eigenvalue weighted by Gasteiger charge is -2.08. The van der Waals surface area contributed by atoms with Gasteiger partial charge in [0.2, 0.25) is 11.0 Å². The summed E-state index contributed by atoms with van der Waals surface area (Å²) >= 11 is 2.79. The number of anilines is 2. The molecule has 136 valence electrons. The van der Waals surface area contributed by atoms with Crippen LogP contribution in [-0.4, -0.2) is 21.9 Å². The van der Waals surface area contributed by atoms with Gasteiger partial charge in [-0.2, -0.15) is 0 Å². The molecule has 0 atom stereocenters. The molecule has 0 fully saturated rings. The standard InChI is InChI=1S/C18H20N4O2S2/c1-12(2)13-5-7-14(8-6-13)20-16(23)11-25-18-22-21-17(26-18)19-10-15-4-3-9-24-15/h3-9,12H,10-11H2,1-2H3,(H,19,21)(H,20,23). The van der Waals surface area contributed by atoms with E-state index < -0.39 is 0 Å². The van der Waals surface area contributed by atoms with Gasteiger partial charge in [-0.3, -0.25) is 4.79 Å². The van der Waals surface area contributed by atoms with E-state index in [0.717, 1.165) is 15.8 Å². The van der Waals surface area contributed by atoms with Gasteiger partial charge in [-0.05, 0) is 35.7 Å². The van der Waals surface area contributed by atoms with Gasteiger partial charge in [0.25, 0.3) is 0 Å². The summed E-state index contributed by atoms with van der Waals surface area (Å²) < 4.78 is 6.00. The molecule has 0 aliphatic heterocycles. The van der Waals surface area contributed by atoms with E-state index in [4.69, 9.17) is 4.42 Å². The van der Waals surface area contributed by atoms with Crippen molar-refractivity contribution in [2.24, 2.45) is 0 Å². The lowest BCUT2D eigenvalue weighted by Crippen LogP contribution is -2.13. The molecule has 1 aromatic carbocycles. The van der Waals surface area contributed by atoms with Crippen molar-refractivity contribution in [3.05, 3.63) is 54.0 Å². The zero-order valence-electron chi connectivity index (χ0n) is 14.6. The van der Waals surface area contributed by atoms with Gasteiger partial charge in [0.15, 0.2) is 4.34 Å². The van der Waals surface area contributed by atoms with Crippen molar-refractivity contribution in [3.8, 4) is 0 Å². The molecule has 0 aliphatic carbocycles. The summed E-state index contributed by atoms with van der Waals surface area (Å²) in [4.78, 5) is 12.1. The van der Waals surface area contributed by atoms with E-state index in [2.05, 4.69) is 34.7 Å². The second-order valence-electron chi connectivity index (χ2n) is 5.92. The Balaban J connectivity index is 1.44. The predicted octanol–water partition coefficient (Wildman–Crippen LogP) is 4.60. The highest BCUT2D eigenvalue weighted by Gasteiger charge is 2.09. The highest BCUT2D eigenvalue weighted by molar-refractivity contribution is 8.01. The molecule has 2 heterocycles. The van der Waals surface area contributed by atoms with Crippen LogP contribution in [0.25, 0.3) is 0 Å². The molecule has 0 saturated heterocycles. The Labute approximate surface area is 160 Å². The molecule has 2 N–H and O–H groups in total. The number of carbonyl (C=O) groups excluding carboxylic acids is 1. The molecule has 8 heteroatoms. The van der Waals surface area contributed by atoms with Crippen molar-refractivity contribution in [2.75, 3.05) is 16.4 Å². The molecule has 0 saturated carbocycles. The number of amides is 1. The van der Waals surface area contributed by atoms with Crippen molar-refractivity contribution in [3.63, 3.8) is 0 Å². The third-order valence-corrected chi connectivity index (χ3v) is 5.60. The minimum absolute atomic E-state index is 0.0624. The highest BCUT2D eigenvalue weighted by Crippen LogP contribution is 2.26. The van der Waals surface area contributed by atoms with E-state index in [0.29, 0.717) is 23.3 Å². The van der Waals surface area contributed by atoms with Gasteiger partial charge in [-0.1, -0.05) is 49.1 Å². The fourth-order valence-corrected chi connectivity index (χ4v) is 3.74. The number of benzene rings is 1. The molecule has 0 aliphatic rings. The van der Waals surface area contributed by atoms with Crippen LogP contribution in [0, 0.1) is 0 Å². The number of nitrogens with zero attached hydrogens (tertiary/aromatic N) is 2. The fraction of sp³-hybridized carbons (Fsp3) is 0.278. The highest BCUT2D eigenvalue weighted by atomic mass is 32.2. The number of nitrogens with one attached hydrogen (secondary N) is 2. The number of furan rings is 1. The minimum atomic E-state index is -0.0624.